The summed E-state index contributed by atoms with van der Waals surface area (Å²) in [5.41, 5.74) is 5.19. The number of aliphatic hydroxyl groups excluding tert-OH is 1. The summed E-state index contributed by atoms with van der Waals surface area (Å²) in [7, 11) is 0. The van der Waals surface area contributed by atoms with E-state index in [2.05, 4.69) is 15.3 Å². The second-order valence-corrected chi connectivity index (χ2v) is 4.23. The van der Waals surface area contributed by atoms with Gasteiger partial charge in [0.2, 0.25) is 11.8 Å². The molecule has 0 aliphatic carbocycles. The van der Waals surface area contributed by atoms with Gasteiger partial charge >= 0.3 is 5.69 Å². The fraction of sp³-hybridized carbons (Fsp3) is 0.600. The molecule has 0 amide bonds. The number of nitro groups is 1. The van der Waals surface area contributed by atoms with Gasteiger partial charge in [-0.2, -0.15) is 4.98 Å². The summed E-state index contributed by atoms with van der Waals surface area (Å²) in [4.78, 5) is 17.7. The average Bonchev–Trinajstić information content (AvgIpc) is 2.28. The zero-order valence-corrected chi connectivity index (χ0v) is 10.3. The molecule has 1 unspecified atom stereocenters. The number of rotatable bonds is 6. The van der Waals surface area contributed by atoms with Crippen LogP contribution in [0.5, 0.6) is 0 Å². The van der Waals surface area contributed by atoms with Crippen LogP contribution < -0.4 is 11.1 Å². The van der Waals surface area contributed by atoms with E-state index in [-0.39, 0.29) is 36.0 Å². The number of hydrogen-bond donors (Lipinski definition) is 3. The lowest BCUT2D eigenvalue weighted by Gasteiger charge is -2.21. The first-order valence-corrected chi connectivity index (χ1v) is 5.60. The van der Waals surface area contributed by atoms with Gasteiger partial charge < -0.3 is 16.2 Å². The topological polar surface area (TPSA) is 127 Å². The standard InChI is InChI=1S/C10H17N5O3/c1-6(2)7(3-4-16)13-9-8(15(17)18)5-12-10(11)14-9/h5-7,16H,3-4H2,1-2H3,(H3,11,12,13,14). The molecule has 0 aliphatic heterocycles. The smallest absolute Gasteiger partial charge is 0.329 e. The summed E-state index contributed by atoms with van der Waals surface area (Å²) in [6.07, 6.45) is 1.54. The second kappa shape index (κ2) is 6.10. The average molecular weight is 255 g/mol. The van der Waals surface area contributed by atoms with Crippen molar-refractivity contribution in [1.82, 2.24) is 9.97 Å². The van der Waals surface area contributed by atoms with Crippen LogP contribution in [0.4, 0.5) is 17.5 Å². The fourth-order valence-electron chi connectivity index (χ4n) is 1.52. The number of nitrogens with zero attached hydrogens (tertiary/aromatic N) is 3. The summed E-state index contributed by atoms with van der Waals surface area (Å²) >= 11 is 0. The van der Waals surface area contributed by atoms with Crippen molar-refractivity contribution in [3.63, 3.8) is 0 Å². The molecule has 0 aromatic carbocycles. The first kappa shape index (κ1) is 14.1. The first-order chi connectivity index (χ1) is 8.45. The van der Waals surface area contributed by atoms with Crippen molar-refractivity contribution < 1.29 is 10.0 Å². The van der Waals surface area contributed by atoms with E-state index in [0.717, 1.165) is 6.20 Å². The van der Waals surface area contributed by atoms with Gasteiger partial charge in [-0.3, -0.25) is 10.1 Å². The van der Waals surface area contributed by atoms with Crippen LogP contribution >= 0.6 is 0 Å². The van der Waals surface area contributed by atoms with Gasteiger partial charge in [-0.15, -0.1) is 0 Å². The van der Waals surface area contributed by atoms with Crippen LogP contribution in [-0.4, -0.2) is 32.6 Å². The maximum atomic E-state index is 10.8. The monoisotopic (exact) mass is 255 g/mol. The molecule has 0 aliphatic rings. The van der Waals surface area contributed by atoms with E-state index < -0.39 is 4.92 Å². The normalized spacial score (nSPS) is 12.4. The van der Waals surface area contributed by atoms with Crippen LogP contribution in [0.1, 0.15) is 20.3 Å². The molecule has 0 bridgehead atoms. The number of aromatic nitrogens is 2. The Kier molecular flexibility index (Phi) is 4.78. The fourth-order valence-corrected chi connectivity index (χ4v) is 1.52. The van der Waals surface area contributed by atoms with E-state index >= 15 is 0 Å². The second-order valence-electron chi connectivity index (χ2n) is 4.23. The molecule has 1 heterocycles. The Hall–Kier alpha value is -1.96. The Bertz CT molecular complexity index is 424. The van der Waals surface area contributed by atoms with Crippen molar-refractivity contribution >= 4 is 17.5 Å². The molecule has 0 saturated heterocycles. The maximum absolute atomic E-state index is 10.8. The minimum absolute atomic E-state index is 0.00971. The number of hydrogen-bond acceptors (Lipinski definition) is 7. The van der Waals surface area contributed by atoms with Crippen LogP contribution in [0.2, 0.25) is 0 Å². The van der Waals surface area contributed by atoms with Crippen molar-refractivity contribution in [2.24, 2.45) is 5.92 Å². The molecule has 1 aromatic heterocycles. The lowest BCUT2D eigenvalue weighted by molar-refractivity contribution is -0.384. The predicted molar refractivity (Wildman–Crippen MR) is 67.1 cm³/mol. The van der Waals surface area contributed by atoms with Crippen molar-refractivity contribution in [3.05, 3.63) is 16.3 Å². The van der Waals surface area contributed by atoms with Crippen LogP contribution in [0.3, 0.4) is 0 Å². The highest BCUT2D eigenvalue weighted by Gasteiger charge is 2.21. The van der Waals surface area contributed by atoms with Crippen LogP contribution in [-0.2, 0) is 0 Å². The molecule has 8 nitrogen and oxygen atoms in total. The first-order valence-electron chi connectivity index (χ1n) is 5.60. The molecule has 4 N–H and O–H groups in total. The Morgan fingerprint density at radius 2 is 2.28 bits per heavy atom. The minimum Gasteiger partial charge on any atom is -0.396 e. The Balaban J connectivity index is 3.00. The van der Waals surface area contributed by atoms with Gasteiger partial charge in [0, 0.05) is 12.6 Å². The largest absolute Gasteiger partial charge is 0.396 e. The van der Waals surface area contributed by atoms with E-state index in [4.69, 9.17) is 10.8 Å². The molecule has 0 fully saturated rings. The lowest BCUT2D eigenvalue weighted by atomic mass is 10.0. The van der Waals surface area contributed by atoms with Gasteiger partial charge in [0.1, 0.15) is 6.20 Å². The molecule has 1 atom stereocenters. The van der Waals surface area contributed by atoms with Crippen LogP contribution in [0.25, 0.3) is 0 Å². The van der Waals surface area contributed by atoms with Crippen molar-refractivity contribution in [3.8, 4) is 0 Å². The zero-order valence-electron chi connectivity index (χ0n) is 10.3. The third kappa shape index (κ3) is 3.52. The molecular formula is C10H17N5O3. The minimum atomic E-state index is -0.571. The Labute approximate surface area is 104 Å². The van der Waals surface area contributed by atoms with Gasteiger partial charge in [-0.1, -0.05) is 13.8 Å². The highest BCUT2D eigenvalue weighted by molar-refractivity contribution is 5.56. The number of anilines is 2. The van der Waals surface area contributed by atoms with Gasteiger partial charge in [-0.25, -0.2) is 4.98 Å². The summed E-state index contributed by atoms with van der Waals surface area (Å²) in [5, 5.41) is 22.7. The van der Waals surface area contributed by atoms with Crippen molar-refractivity contribution in [2.75, 3.05) is 17.7 Å². The van der Waals surface area contributed by atoms with Crippen molar-refractivity contribution in [2.45, 2.75) is 26.3 Å². The Morgan fingerprint density at radius 1 is 1.61 bits per heavy atom. The summed E-state index contributed by atoms with van der Waals surface area (Å²) < 4.78 is 0. The van der Waals surface area contributed by atoms with Crippen LogP contribution in [0, 0.1) is 16.0 Å². The molecule has 0 saturated carbocycles. The van der Waals surface area contributed by atoms with Gasteiger partial charge in [0.25, 0.3) is 0 Å². The maximum Gasteiger partial charge on any atom is 0.329 e. The molecule has 8 heteroatoms. The van der Waals surface area contributed by atoms with Gasteiger partial charge in [0.05, 0.1) is 4.92 Å². The van der Waals surface area contributed by atoms with E-state index in [1.165, 1.54) is 0 Å². The number of nitrogen functional groups attached to an aromatic ring is 1. The quantitative estimate of drug-likeness (QED) is 0.506. The number of nitrogens with one attached hydrogen (secondary N) is 1. The molecular weight excluding hydrogens is 238 g/mol. The third-order valence-corrected chi connectivity index (χ3v) is 2.55. The molecule has 18 heavy (non-hydrogen) atoms. The number of aliphatic hydroxyl groups is 1. The SMILES string of the molecule is CC(C)C(CCO)Nc1nc(N)ncc1[N+](=O)[O-]. The van der Waals surface area contributed by atoms with Crippen molar-refractivity contribution in [1.29, 1.82) is 0 Å². The van der Waals surface area contributed by atoms with E-state index in [0.29, 0.717) is 6.42 Å². The summed E-state index contributed by atoms with van der Waals surface area (Å²) in [6, 6.07) is -0.122. The van der Waals surface area contributed by atoms with E-state index in [1.807, 2.05) is 13.8 Å². The van der Waals surface area contributed by atoms with Gasteiger partial charge in [-0.05, 0) is 12.3 Å². The summed E-state index contributed by atoms with van der Waals surface area (Å²) in [6.45, 7) is 3.89. The number of nitrogens with two attached hydrogens (primary N) is 1. The molecule has 0 radical (unpaired) electrons. The molecule has 1 aromatic rings. The Morgan fingerprint density at radius 3 is 2.78 bits per heavy atom. The van der Waals surface area contributed by atoms with E-state index in [1.54, 1.807) is 0 Å². The third-order valence-electron chi connectivity index (χ3n) is 2.55. The van der Waals surface area contributed by atoms with Crippen LogP contribution in [0.15, 0.2) is 6.20 Å². The highest BCUT2D eigenvalue weighted by Crippen LogP contribution is 2.23. The predicted octanol–water partition coefficient (Wildman–Crippen LogP) is 0.786. The summed E-state index contributed by atoms with van der Waals surface area (Å²) in [5.74, 6) is 0.238. The molecule has 100 valence electrons. The molecule has 1 rings (SSSR count). The highest BCUT2D eigenvalue weighted by atomic mass is 16.6. The van der Waals surface area contributed by atoms with E-state index in [9.17, 15) is 10.1 Å². The zero-order chi connectivity index (χ0) is 13.7. The lowest BCUT2D eigenvalue weighted by Crippen LogP contribution is -2.28. The molecule has 0 spiro atoms. The van der Waals surface area contributed by atoms with Gasteiger partial charge in [0.15, 0.2) is 0 Å².